The number of nitrogens with one attached hydrogen (secondary N) is 1. The van der Waals surface area contributed by atoms with Crippen LogP contribution >= 0.6 is 0 Å². The van der Waals surface area contributed by atoms with Gasteiger partial charge in [0.05, 0.1) is 6.61 Å². The summed E-state index contributed by atoms with van der Waals surface area (Å²) in [5, 5.41) is 3.12. The third-order valence-electron chi connectivity index (χ3n) is 3.58. The van der Waals surface area contributed by atoms with E-state index in [2.05, 4.69) is 23.3 Å². The van der Waals surface area contributed by atoms with Crippen LogP contribution in [0.15, 0.2) is 30.3 Å². The molecule has 1 heterocycles. The Morgan fingerprint density at radius 2 is 1.95 bits per heavy atom. The number of nitrogens with zero attached hydrogens (tertiary/aromatic N) is 2. The minimum absolute atomic E-state index is 0.617. The number of aromatic nitrogens is 2. The maximum Gasteiger partial charge on any atom is 0.161 e. The van der Waals surface area contributed by atoms with Crippen LogP contribution in [0, 0.1) is 0 Å². The maximum atomic E-state index is 5.61. The van der Waals surface area contributed by atoms with E-state index in [1.165, 1.54) is 12.8 Å². The molecule has 1 fully saturated rings. The van der Waals surface area contributed by atoms with Gasteiger partial charge in [-0.25, -0.2) is 9.97 Å². The lowest BCUT2D eigenvalue weighted by molar-refractivity contribution is 0.317. The molecule has 0 bridgehead atoms. The first kappa shape index (κ1) is 13.9. The van der Waals surface area contributed by atoms with Gasteiger partial charge in [-0.05, 0) is 43.5 Å². The molecule has 0 atom stereocenters. The summed E-state index contributed by atoms with van der Waals surface area (Å²) in [6.07, 6.45) is 3.49. The molecule has 1 aromatic carbocycles. The summed E-state index contributed by atoms with van der Waals surface area (Å²) in [7, 11) is 1.89. The zero-order valence-corrected chi connectivity index (χ0v) is 12.6. The minimum Gasteiger partial charge on any atom is -0.494 e. The number of rotatable bonds is 6. The lowest BCUT2D eigenvalue weighted by atomic mass is 10.2. The van der Waals surface area contributed by atoms with E-state index >= 15 is 0 Å². The molecule has 1 N–H and O–H groups in total. The number of anilines is 1. The van der Waals surface area contributed by atoms with Crippen LogP contribution in [0.1, 0.15) is 37.8 Å². The average molecular weight is 283 g/mol. The molecule has 0 aliphatic heterocycles. The van der Waals surface area contributed by atoms with Crippen molar-refractivity contribution < 1.29 is 4.74 Å². The van der Waals surface area contributed by atoms with Gasteiger partial charge in [-0.15, -0.1) is 0 Å². The second kappa shape index (κ2) is 6.12. The molecule has 110 valence electrons. The first-order valence-corrected chi connectivity index (χ1v) is 7.60. The van der Waals surface area contributed by atoms with Crippen LogP contribution in [0.2, 0.25) is 0 Å². The highest BCUT2D eigenvalue weighted by Gasteiger charge is 2.26. The zero-order chi connectivity index (χ0) is 14.7. The van der Waals surface area contributed by atoms with E-state index in [1.807, 2.05) is 31.3 Å². The SMILES string of the molecule is CCCOc1ccc(-c2nc(NC)cc(C3CC3)n2)cc1. The Hall–Kier alpha value is -2.10. The number of hydrogen-bond acceptors (Lipinski definition) is 4. The summed E-state index contributed by atoms with van der Waals surface area (Å²) in [6.45, 7) is 2.85. The summed E-state index contributed by atoms with van der Waals surface area (Å²) < 4.78 is 5.61. The normalized spacial score (nSPS) is 14.0. The van der Waals surface area contributed by atoms with Crippen molar-refractivity contribution in [2.45, 2.75) is 32.1 Å². The molecule has 0 saturated heterocycles. The van der Waals surface area contributed by atoms with E-state index in [1.54, 1.807) is 0 Å². The predicted octanol–water partition coefficient (Wildman–Crippen LogP) is 3.85. The first-order chi connectivity index (χ1) is 10.3. The molecule has 0 amide bonds. The van der Waals surface area contributed by atoms with E-state index in [0.717, 1.165) is 41.7 Å². The van der Waals surface area contributed by atoms with Gasteiger partial charge in [-0.1, -0.05) is 6.92 Å². The molecular weight excluding hydrogens is 262 g/mol. The van der Waals surface area contributed by atoms with Crippen molar-refractivity contribution in [2.75, 3.05) is 19.0 Å². The highest BCUT2D eigenvalue weighted by atomic mass is 16.5. The Kier molecular flexibility index (Phi) is 4.04. The summed E-state index contributed by atoms with van der Waals surface area (Å²) in [4.78, 5) is 9.27. The molecule has 21 heavy (non-hydrogen) atoms. The van der Waals surface area contributed by atoms with Gasteiger partial charge in [0, 0.05) is 30.3 Å². The van der Waals surface area contributed by atoms with Crippen LogP contribution in [0.25, 0.3) is 11.4 Å². The fourth-order valence-corrected chi connectivity index (χ4v) is 2.23. The lowest BCUT2D eigenvalue weighted by Gasteiger charge is -2.08. The molecule has 4 nitrogen and oxygen atoms in total. The molecule has 0 radical (unpaired) electrons. The molecular formula is C17H21N3O. The zero-order valence-electron chi connectivity index (χ0n) is 12.6. The van der Waals surface area contributed by atoms with Crippen LogP contribution in [-0.2, 0) is 0 Å². The van der Waals surface area contributed by atoms with Crippen LogP contribution in [0.4, 0.5) is 5.82 Å². The Bertz CT molecular complexity index is 606. The quantitative estimate of drug-likeness (QED) is 0.874. The topological polar surface area (TPSA) is 47.0 Å². The Balaban J connectivity index is 1.86. The second-order valence-corrected chi connectivity index (χ2v) is 5.40. The molecule has 3 rings (SSSR count). The van der Waals surface area contributed by atoms with Crippen LogP contribution in [0.5, 0.6) is 5.75 Å². The molecule has 1 aromatic heterocycles. The first-order valence-electron chi connectivity index (χ1n) is 7.60. The van der Waals surface area contributed by atoms with E-state index in [9.17, 15) is 0 Å². The lowest BCUT2D eigenvalue weighted by Crippen LogP contribution is -2.00. The Labute approximate surface area is 125 Å². The van der Waals surface area contributed by atoms with E-state index in [4.69, 9.17) is 9.72 Å². The maximum absolute atomic E-state index is 5.61. The summed E-state index contributed by atoms with van der Waals surface area (Å²) in [5.74, 6) is 3.18. The molecule has 4 heteroatoms. The van der Waals surface area contributed by atoms with Gasteiger partial charge >= 0.3 is 0 Å². The molecule has 0 unspecified atom stereocenters. The van der Waals surface area contributed by atoms with E-state index < -0.39 is 0 Å². The monoisotopic (exact) mass is 283 g/mol. The van der Waals surface area contributed by atoms with Crippen LogP contribution in [-0.4, -0.2) is 23.6 Å². The van der Waals surface area contributed by atoms with Crippen molar-refractivity contribution in [3.05, 3.63) is 36.0 Å². The average Bonchev–Trinajstić information content (AvgIpc) is 3.38. The molecule has 1 aliphatic rings. The highest BCUT2D eigenvalue weighted by Crippen LogP contribution is 2.40. The Morgan fingerprint density at radius 1 is 1.19 bits per heavy atom. The number of hydrogen-bond donors (Lipinski definition) is 1. The van der Waals surface area contributed by atoms with Crippen molar-refractivity contribution in [1.82, 2.24) is 9.97 Å². The second-order valence-electron chi connectivity index (χ2n) is 5.40. The van der Waals surface area contributed by atoms with Crippen molar-refractivity contribution in [3.8, 4) is 17.1 Å². The molecule has 2 aromatic rings. The van der Waals surface area contributed by atoms with Crippen LogP contribution in [0.3, 0.4) is 0 Å². The van der Waals surface area contributed by atoms with Gasteiger partial charge in [0.25, 0.3) is 0 Å². The van der Waals surface area contributed by atoms with Gasteiger partial charge in [-0.2, -0.15) is 0 Å². The minimum atomic E-state index is 0.617. The van der Waals surface area contributed by atoms with Gasteiger partial charge in [0.2, 0.25) is 0 Å². The standard InChI is InChI=1S/C17H21N3O/c1-3-10-21-14-8-6-13(7-9-14)17-19-15(12-4-5-12)11-16(18-2)20-17/h6-9,11-12H,3-5,10H2,1-2H3,(H,18,19,20). The predicted molar refractivity (Wildman–Crippen MR) is 84.8 cm³/mol. The van der Waals surface area contributed by atoms with Gasteiger partial charge < -0.3 is 10.1 Å². The Morgan fingerprint density at radius 3 is 2.57 bits per heavy atom. The van der Waals surface area contributed by atoms with Crippen molar-refractivity contribution >= 4 is 5.82 Å². The smallest absolute Gasteiger partial charge is 0.161 e. The summed E-state index contributed by atoms with van der Waals surface area (Å²) in [5.41, 5.74) is 2.17. The van der Waals surface area contributed by atoms with E-state index in [0.29, 0.717) is 5.92 Å². The van der Waals surface area contributed by atoms with Gasteiger partial charge in [-0.3, -0.25) is 0 Å². The van der Waals surface area contributed by atoms with Crippen molar-refractivity contribution in [1.29, 1.82) is 0 Å². The van der Waals surface area contributed by atoms with Gasteiger partial charge in [0.15, 0.2) is 5.82 Å². The molecule has 1 aliphatic carbocycles. The van der Waals surface area contributed by atoms with Crippen LogP contribution < -0.4 is 10.1 Å². The summed E-state index contributed by atoms with van der Waals surface area (Å²) >= 11 is 0. The third-order valence-corrected chi connectivity index (χ3v) is 3.58. The largest absolute Gasteiger partial charge is 0.494 e. The fraction of sp³-hybridized carbons (Fsp3) is 0.412. The fourth-order valence-electron chi connectivity index (χ4n) is 2.23. The highest BCUT2D eigenvalue weighted by molar-refractivity contribution is 5.59. The van der Waals surface area contributed by atoms with Gasteiger partial charge in [0.1, 0.15) is 11.6 Å². The van der Waals surface area contributed by atoms with Crippen molar-refractivity contribution in [3.63, 3.8) is 0 Å². The number of benzene rings is 1. The molecule has 0 spiro atoms. The third kappa shape index (κ3) is 3.32. The summed E-state index contributed by atoms with van der Waals surface area (Å²) in [6, 6.07) is 10.1. The van der Waals surface area contributed by atoms with Crippen molar-refractivity contribution in [2.24, 2.45) is 0 Å². The number of ether oxygens (including phenoxy) is 1. The molecule has 1 saturated carbocycles. The van der Waals surface area contributed by atoms with E-state index in [-0.39, 0.29) is 0 Å².